The molecule has 2 aliphatic heterocycles. The third-order valence-corrected chi connectivity index (χ3v) is 12.1. The van der Waals surface area contributed by atoms with Crippen LogP contribution in [0.2, 0.25) is 0 Å². The van der Waals surface area contributed by atoms with Gasteiger partial charge < -0.3 is 39.1 Å². The summed E-state index contributed by atoms with van der Waals surface area (Å²) in [7, 11) is 1.46. The van der Waals surface area contributed by atoms with Gasteiger partial charge in [-0.05, 0) is 94.0 Å². The lowest BCUT2D eigenvalue weighted by Crippen LogP contribution is -2.63. The molecule has 2 heterocycles. The van der Waals surface area contributed by atoms with Gasteiger partial charge in [0.15, 0.2) is 6.29 Å². The minimum Gasteiger partial charge on any atom is -0.458 e. The highest BCUT2D eigenvalue weighted by Gasteiger charge is 2.68. The Balaban J connectivity index is 1.18. The number of carbonyl (C=O) groups is 2. The zero-order valence-electron chi connectivity index (χ0n) is 23.3. The smallest absolute Gasteiger partial charge is 0.331 e. The van der Waals surface area contributed by atoms with Gasteiger partial charge in [0.1, 0.15) is 31.2 Å². The van der Waals surface area contributed by atoms with E-state index in [1.54, 1.807) is 13.0 Å². The summed E-state index contributed by atoms with van der Waals surface area (Å²) in [6.45, 7) is 4.25. The Labute approximate surface area is 230 Å². The Morgan fingerprint density at radius 3 is 2.54 bits per heavy atom. The van der Waals surface area contributed by atoms with Crippen molar-refractivity contribution in [2.45, 2.75) is 114 Å². The molecule has 0 radical (unpaired) electrons. The van der Waals surface area contributed by atoms with Gasteiger partial charge >= 0.3 is 5.97 Å². The second kappa shape index (κ2) is 9.88. The Kier molecular flexibility index (Phi) is 7.04. The minimum atomic E-state index is -1.11. The largest absolute Gasteiger partial charge is 0.458 e. The molecule has 0 aromatic heterocycles. The van der Waals surface area contributed by atoms with E-state index in [4.69, 9.17) is 18.9 Å². The maximum Gasteiger partial charge on any atom is 0.331 e. The number of hydrogen-bond acceptors (Lipinski definition) is 9. The number of rotatable bonds is 5. The topological polar surface area (TPSA) is 132 Å². The summed E-state index contributed by atoms with van der Waals surface area (Å²) in [5.74, 6) is 0.152. The summed E-state index contributed by atoms with van der Waals surface area (Å²) in [4.78, 5) is 24.8. The van der Waals surface area contributed by atoms with Gasteiger partial charge in [-0.25, -0.2) is 4.79 Å². The fourth-order valence-corrected chi connectivity index (χ4v) is 10.00. The van der Waals surface area contributed by atoms with Crippen LogP contribution in [-0.4, -0.2) is 83.7 Å². The monoisotopic (exact) mass is 548 g/mol. The Morgan fingerprint density at radius 1 is 1.05 bits per heavy atom. The molecule has 4 aliphatic carbocycles. The highest BCUT2D eigenvalue weighted by Crippen LogP contribution is 2.69. The molecule has 3 N–H and O–H groups in total. The summed E-state index contributed by atoms with van der Waals surface area (Å²) >= 11 is 0. The van der Waals surface area contributed by atoms with E-state index >= 15 is 0 Å². The van der Waals surface area contributed by atoms with Gasteiger partial charge in [0.2, 0.25) is 0 Å². The van der Waals surface area contributed by atoms with Gasteiger partial charge in [-0.3, -0.25) is 0 Å². The van der Waals surface area contributed by atoms with Crippen LogP contribution >= 0.6 is 0 Å². The van der Waals surface area contributed by atoms with Crippen molar-refractivity contribution < 1.29 is 43.9 Å². The molecule has 0 aromatic carbocycles. The molecular weight excluding hydrogens is 504 g/mol. The van der Waals surface area contributed by atoms with Crippen LogP contribution in [0.3, 0.4) is 0 Å². The van der Waals surface area contributed by atoms with E-state index in [0.29, 0.717) is 32.3 Å². The molecule has 39 heavy (non-hydrogen) atoms. The van der Waals surface area contributed by atoms with Crippen molar-refractivity contribution in [1.82, 2.24) is 0 Å². The van der Waals surface area contributed by atoms with Gasteiger partial charge in [-0.15, -0.1) is 0 Å². The highest BCUT2D eigenvalue weighted by molar-refractivity contribution is 5.85. The maximum atomic E-state index is 13.0. The van der Waals surface area contributed by atoms with Crippen LogP contribution in [0.25, 0.3) is 0 Å². The zero-order valence-corrected chi connectivity index (χ0v) is 23.3. The third-order valence-electron chi connectivity index (χ3n) is 12.1. The lowest BCUT2D eigenvalue weighted by atomic mass is 9.43. The average Bonchev–Trinajstić information content (AvgIpc) is 3.47. The van der Waals surface area contributed by atoms with E-state index in [0.717, 1.165) is 37.7 Å². The van der Waals surface area contributed by atoms with Crippen LogP contribution < -0.4 is 0 Å². The van der Waals surface area contributed by atoms with E-state index in [9.17, 15) is 24.9 Å². The normalized spacial score (nSPS) is 53.3. The van der Waals surface area contributed by atoms with E-state index in [-0.39, 0.29) is 41.2 Å². The van der Waals surface area contributed by atoms with Crippen LogP contribution in [0.4, 0.5) is 0 Å². The van der Waals surface area contributed by atoms with Gasteiger partial charge in [0.25, 0.3) is 0 Å². The van der Waals surface area contributed by atoms with Gasteiger partial charge in [-0.2, -0.15) is 0 Å². The molecule has 0 aromatic rings. The van der Waals surface area contributed by atoms with Gasteiger partial charge in [-0.1, -0.05) is 6.92 Å². The second-order valence-corrected chi connectivity index (χ2v) is 13.4. The summed E-state index contributed by atoms with van der Waals surface area (Å²) in [6, 6.07) is 0. The lowest BCUT2D eigenvalue weighted by molar-refractivity contribution is -0.312. The number of carbonyl (C=O) groups excluding carboxylic acids is 2. The first-order chi connectivity index (χ1) is 18.6. The van der Waals surface area contributed by atoms with E-state index in [1.807, 2.05) is 0 Å². The molecule has 13 atom stereocenters. The Bertz CT molecular complexity index is 1010. The van der Waals surface area contributed by atoms with Crippen LogP contribution in [0, 0.1) is 34.5 Å². The molecule has 4 saturated carbocycles. The van der Waals surface area contributed by atoms with Gasteiger partial charge in [0.05, 0.1) is 17.8 Å². The molecule has 0 bridgehead atoms. The molecule has 1 saturated heterocycles. The number of esters is 1. The van der Waals surface area contributed by atoms with Crippen molar-refractivity contribution in [1.29, 1.82) is 0 Å². The van der Waals surface area contributed by atoms with Crippen molar-refractivity contribution in [3.05, 3.63) is 11.6 Å². The number of ether oxygens (including phenoxy) is 4. The quantitative estimate of drug-likeness (QED) is 0.269. The lowest BCUT2D eigenvalue weighted by Gasteiger charge is -2.63. The number of aliphatic hydroxyl groups is 3. The van der Waals surface area contributed by atoms with Crippen LogP contribution in [0.1, 0.15) is 71.6 Å². The first-order valence-electron chi connectivity index (χ1n) is 14.8. The minimum absolute atomic E-state index is 0.0482. The predicted molar refractivity (Wildman–Crippen MR) is 138 cm³/mol. The standard InChI is InChI=1S/C30H44O9/c1-16-24(33)26(36-3)25(34)27(38-16)39-19-6-10-29(15-31)18(13-19)4-5-22-21(29)7-9-28(2)20(8-11-30(22,28)35)17-12-23(32)37-14-17/h12,15-16,18-22,24-27,33-35H,4-11,13-14H2,1-3H3/t16?,18-,19+,20-,21+,22-,24?,25?,26?,27?,28-,29-,30+/m1/s1. The highest BCUT2D eigenvalue weighted by atomic mass is 16.7. The SMILES string of the molecule is COC1C(O)C(C)OC(O[C@H]2CC[C@@]3(C=O)[C@H](CC[C@@H]4[C@@H]3CC[C@]3(C)[C@@H](C5=CC(=O)OC5)CC[C@]43O)C2)C1O. The number of hydrogen-bond donors (Lipinski definition) is 3. The van der Waals surface area contributed by atoms with Crippen LogP contribution in [-0.2, 0) is 28.5 Å². The molecule has 0 spiro atoms. The molecule has 6 rings (SSSR count). The number of aliphatic hydroxyl groups excluding tert-OH is 2. The van der Waals surface area contributed by atoms with Crippen molar-refractivity contribution in [2.75, 3.05) is 13.7 Å². The van der Waals surface area contributed by atoms with E-state index < -0.39 is 41.7 Å². The molecular formula is C30H44O9. The number of aldehydes is 1. The fraction of sp³-hybridized carbons (Fsp3) is 0.867. The number of cyclic esters (lactones) is 1. The van der Waals surface area contributed by atoms with E-state index in [2.05, 4.69) is 6.92 Å². The molecule has 218 valence electrons. The predicted octanol–water partition coefficient (Wildman–Crippen LogP) is 2.29. The summed E-state index contributed by atoms with van der Waals surface area (Å²) in [5.41, 5.74) is -0.682. The molecule has 5 fully saturated rings. The molecule has 6 aliphatic rings. The van der Waals surface area contributed by atoms with Crippen molar-refractivity contribution in [2.24, 2.45) is 34.5 Å². The van der Waals surface area contributed by atoms with Crippen molar-refractivity contribution in [3.63, 3.8) is 0 Å². The van der Waals surface area contributed by atoms with Gasteiger partial charge in [0, 0.05) is 24.0 Å². The number of methoxy groups -OCH3 is 1. The van der Waals surface area contributed by atoms with Crippen molar-refractivity contribution >= 4 is 12.3 Å². The number of fused-ring (bicyclic) bond motifs is 5. The average molecular weight is 549 g/mol. The molecule has 0 amide bonds. The van der Waals surface area contributed by atoms with Crippen molar-refractivity contribution in [3.8, 4) is 0 Å². The first-order valence-corrected chi connectivity index (χ1v) is 14.8. The Morgan fingerprint density at radius 2 is 1.85 bits per heavy atom. The van der Waals surface area contributed by atoms with Crippen LogP contribution in [0.15, 0.2) is 11.6 Å². The Hall–Kier alpha value is -1.36. The fourth-order valence-electron chi connectivity index (χ4n) is 10.00. The summed E-state index contributed by atoms with van der Waals surface area (Å²) in [6.07, 6.45) is 5.39. The second-order valence-electron chi connectivity index (χ2n) is 13.4. The van der Waals surface area contributed by atoms with E-state index in [1.165, 1.54) is 13.4 Å². The maximum absolute atomic E-state index is 13.0. The van der Waals surface area contributed by atoms with Crippen LogP contribution in [0.5, 0.6) is 0 Å². The molecule has 9 heteroatoms. The first kappa shape index (κ1) is 27.8. The summed E-state index contributed by atoms with van der Waals surface area (Å²) < 4.78 is 22.6. The molecule has 5 unspecified atom stereocenters. The summed E-state index contributed by atoms with van der Waals surface area (Å²) in [5, 5.41) is 33.4. The third kappa shape index (κ3) is 4.02. The molecule has 9 nitrogen and oxygen atoms in total. The zero-order chi connectivity index (χ0) is 27.7.